The number of hydrogen-bond acceptors (Lipinski definition) is 1. The van der Waals surface area contributed by atoms with Gasteiger partial charge < -0.3 is 0 Å². The largest absolute Gasteiger partial charge is 0.296 e. The number of likely N-dealkylation sites (tertiary alicyclic amines) is 1. The predicted molar refractivity (Wildman–Crippen MR) is 82.4 cm³/mol. The summed E-state index contributed by atoms with van der Waals surface area (Å²) in [6.07, 6.45) is 5.40. The Labute approximate surface area is 120 Å². The number of hydrogen-bond donors (Lipinski definition) is 0. The van der Waals surface area contributed by atoms with Gasteiger partial charge >= 0.3 is 0 Å². The molecule has 18 heavy (non-hydrogen) atoms. The molecular weight excluding hydrogens is 286 g/mol. The smallest absolute Gasteiger partial charge is 0.0236 e. The van der Waals surface area contributed by atoms with E-state index in [0.717, 1.165) is 17.9 Å². The number of nitrogens with zero attached hydrogens (tertiary/aromatic N) is 1. The Balaban J connectivity index is 1.96. The van der Waals surface area contributed by atoms with E-state index in [1.165, 1.54) is 48.9 Å². The van der Waals surface area contributed by atoms with Crippen LogP contribution in [0.25, 0.3) is 0 Å². The van der Waals surface area contributed by atoms with Crippen LogP contribution in [0.15, 0.2) is 18.2 Å². The van der Waals surface area contributed by atoms with Gasteiger partial charge in [0.25, 0.3) is 0 Å². The van der Waals surface area contributed by atoms with Gasteiger partial charge in [0.15, 0.2) is 0 Å². The highest BCUT2D eigenvalue weighted by atomic mass is 79.9. The van der Waals surface area contributed by atoms with E-state index in [4.69, 9.17) is 0 Å². The number of aryl methyl sites for hydroxylation is 2. The van der Waals surface area contributed by atoms with Crippen LogP contribution in [0.1, 0.15) is 42.4 Å². The first-order valence-electron chi connectivity index (χ1n) is 7.07. The lowest BCUT2D eigenvalue weighted by Crippen LogP contribution is -2.28. The fourth-order valence-corrected chi connectivity index (χ4v) is 3.20. The average molecular weight is 310 g/mol. The van der Waals surface area contributed by atoms with Crippen LogP contribution in [-0.2, 0) is 6.54 Å². The molecule has 1 heterocycles. The van der Waals surface area contributed by atoms with Crippen molar-refractivity contribution < 1.29 is 0 Å². The standard InChI is InChI=1S/C16H24BrN/c1-13-7-8-15(11-14(13)2)12-18-10-4-6-16(18)5-3-9-17/h7-8,11,16H,3-6,9-10,12H2,1-2H3. The summed E-state index contributed by atoms with van der Waals surface area (Å²) in [5.74, 6) is 0. The molecule has 1 aromatic carbocycles. The minimum atomic E-state index is 0.809. The van der Waals surface area contributed by atoms with Crippen molar-refractivity contribution in [3.8, 4) is 0 Å². The van der Waals surface area contributed by atoms with Crippen LogP contribution >= 0.6 is 15.9 Å². The van der Waals surface area contributed by atoms with Crippen LogP contribution in [-0.4, -0.2) is 22.8 Å². The summed E-state index contributed by atoms with van der Waals surface area (Å²) in [5.41, 5.74) is 4.29. The Kier molecular flexibility index (Phi) is 5.25. The molecule has 0 aliphatic carbocycles. The molecule has 1 fully saturated rings. The van der Waals surface area contributed by atoms with Crippen molar-refractivity contribution in [3.05, 3.63) is 34.9 Å². The zero-order valence-corrected chi connectivity index (χ0v) is 13.2. The maximum atomic E-state index is 3.54. The van der Waals surface area contributed by atoms with Crippen molar-refractivity contribution in [1.29, 1.82) is 0 Å². The molecule has 0 spiro atoms. The molecule has 0 radical (unpaired) electrons. The van der Waals surface area contributed by atoms with E-state index in [0.29, 0.717) is 0 Å². The molecule has 1 aromatic rings. The lowest BCUT2D eigenvalue weighted by molar-refractivity contribution is 0.234. The van der Waals surface area contributed by atoms with E-state index in [2.05, 4.69) is 52.9 Å². The van der Waals surface area contributed by atoms with Gasteiger partial charge in [0, 0.05) is 17.9 Å². The molecular formula is C16H24BrN. The minimum Gasteiger partial charge on any atom is -0.296 e. The Morgan fingerprint density at radius 3 is 2.83 bits per heavy atom. The van der Waals surface area contributed by atoms with Gasteiger partial charge in [0.2, 0.25) is 0 Å². The molecule has 1 unspecified atom stereocenters. The molecule has 0 saturated carbocycles. The van der Waals surface area contributed by atoms with Crippen LogP contribution in [0.4, 0.5) is 0 Å². The summed E-state index contributed by atoms with van der Waals surface area (Å²) < 4.78 is 0. The Morgan fingerprint density at radius 2 is 2.11 bits per heavy atom. The number of halogens is 1. The van der Waals surface area contributed by atoms with Crippen molar-refractivity contribution in [2.24, 2.45) is 0 Å². The second-order valence-corrected chi connectivity index (χ2v) is 6.31. The zero-order valence-electron chi connectivity index (χ0n) is 11.6. The van der Waals surface area contributed by atoms with E-state index in [1.54, 1.807) is 0 Å². The highest BCUT2D eigenvalue weighted by molar-refractivity contribution is 9.09. The van der Waals surface area contributed by atoms with Crippen LogP contribution in [0.3, 0.4) is 0 Å². The monoisotopic (exact) mass is 309 g/mol. The van der Waals surface area contributed by atoms with Gasteiger partial charge in [-0.3, -0.25) is 4.90 Å². The van der Waals surface area contributed by atoms with E-state index in [-0.39, 0.29) is 0 Å². The number of alkyl halides is 1. The third kappa shape index (κ3) is 3.58. The van der Waals surface area contributed by atoms with Crippen molar-refractivity contribution in [2.45, 2.75) is 52.1 Å². The first-order valence-corrected chi connectivity index (χ1v) is 8.19. The van der Waals surface area contributed by atoms with Gasteiger partial charge in [-0.15, -0.1) is 0 Å². The molecule has 0 aromatic heterocycles. The summed E-state index contributed by atoms with van der Waals surface area (Å²) in [4.78, 5) is 2.67. The highest BCUT2D eigenvalue weighted by Gasteiger charge is 2.23. The third-order valence-electron chi connectivity index (χ3n) is 4.13. The first kappa shape index (κ1) is 14.1. The van der Waals surface area contributed by atoms with Gasteiger partial charge in [0.1, 0.15) is 0 Å². The van der Waals surface area contributed by atoms with Gasteiger partial charge in [-0.1, -0.05) is 34.1 Å². The molecule has 0 N–H and O–H groups in total. The van der Waals surface area contributed by atoms with E-state index >= 15 is 0 Å². The Bertz CT molecular complexity index is 389. The minimum absolute atomic E-state index is 0.809. The molecule has 0 amide bonds. The fourth-order valence-electron chi connectivity index (χ4n) is 2.88. The highest BCUT2D eigenvalue weighted by Crippen LogP contribution is 2.24. The zero-order chi connectivity index (χ0) is 13.0. The summed E-state index contributed by atoms with van der Waals surface area (Å²) in [5, 5.41) is 1.14. The first-order chi connectivity index (χ1) is 8.70. The molecule has 0 bridgehead atoms. The quantitative estimate of drug-likeness (QED) is 0.727. The summed E-state index contributed by atoms with van der Waals surface area (Å²) in [7, 11) is 0. The molecule has 1 nitrogen and oxygen atoms in total. The SMILES string of the molecule is Cc1ccc(CN2CCCC2CCCBr)cc1C. The molecule has 2 heteroatoms. The van der Waals surface area contributed by atoms with Crippen LogP contribution in [0.2, 0.25) is 0 Å². The van der Waals surface area contributed by atoms with Crippen LogP contribution < -0.4 is 0 Å². The van der Waals surface area contributed by atoms with Crippen molar-refractivity contribution in [3.63, 3.8) is 0 Å². The second-order valence-electron chi connectivity index (χ2n) is 5.52. The topological polar surface area (TPSA) is 3.24 Å². The lowest BCUT2D eigenvalue weighted by atomic mass is 10.1. The van der Waals surface area contributed by atoms with Gasteiger partial charge in [0.05, 0.1) is 0 Å². The summed E-state index contributed by atoms with van der Waals surface area (Å²) in [6, 6.07) is 7.72. The van der Waals surface area contributed by atoms with Crippen LogP contribution in [0.5, 0.6) is 0 Å². The fraction of sp³-hybridized carbons (Fsp3) is 0.625. The second kappa shape index (κ2) is 6.72. The summed E-state index contributed by atoms with van der Waals surface area (Å²) >= 11 is 3.54. The van der Waals surface area contributed by atoms with Gasteiger partial charge in [-0.05, 0) is 62.8 Å². The van der Waals surface area contributed by atoms with Crippen molar-refractivity contribution >= 4 is 15.9 Å². The van der Waals surface area contributed by atoms with Crippen molar-refractivity contribution in [2.75, 3.05) is 11.9 Å². The van der Waals surface area contributed by atoms with Gasteiger partial charge in [-0.2, -0.15) is 0 Å². The molecule has 1 atom stereocenters. The number of rotatable bonds is 5. The van der Waals surface area contributed by atoms with E-state index in [9.17, 15) is 0 Å². The maximum absolute atomic E-state index is 3.54. The maximum Gasteiger partial charge on any atom is 0.0236 e. The molecule has 2 rings (SSSR count). The van der Waals surface area contributed by atoms with Crippen LogP contribution in [0, 0.1) is 13.8 Å². The Hall–Kier alpha value is -0.340. The summed E-state index contributed by atoms with van der Waals surface area (Å²) in [6.45, 7) is 6.81. The van der Waals surface area contributed by atoms with E-state index in [1.807, 2.05) is 0 Å². The third-order valence-corrected chi connectivity index (χ3v) is 4.69. The molecule has 1 aliphatic rings. The lowest BCUT2D eigenvalue weighted by Gasteiger charge is -2.24. The molecule has 100 valence electrons. The normalized spacial score (nSPS) is 20.5. The molecule has 1 aliphatic heterocycles. The number of benzene rings is 1. The van der Waals surface area contributed by atoms with E-state index < -0.39 is 0 Å². The average Bonchev–Trinajstić information content (AvgIpc) is 2.79. The van der Waals surface area contributed by atoms with Gasteiger partial charge in [-0.25, -0.2) is 0 Å². The van der Waals surface area contributed by atoms with Crippen molar-refractivity contribution in [1.82, 2.24) is 4.90 Å². The Morgan fingerprint density at radius 1 is 1.28 bits per heavy atom. The predicted octanol–water partition coefficient (Wildman–Crippen LogP) is 4.44. The molecule has 1 saturated heterocycles.